The molecule has 124 valence electrons. The van der Waals surface area contributed by atoms with Crippen molar-refractivity contribution < 1.29 is 0 Å². The maximum absolute atomic E-state index is 6.02. The zero-order valence-corrected chi connectivity index (χ0v) is 14.3. The van der Waals surface area contributed by atoms with E-state index in [-0.39, 0.29) is 0 Å². The molecule has 1 aromatic rings. The van der Waals surface area contributed by atoms with E-state index in [2.05, 4.69) is 54.1 Å². The van der Waals surface area contributed by atoms with Gasteiger partial charge in [-0.15, -0.1) is 0 Å². The van der Waals surface area contributed by atoms with E-state index < -0.39 is 0 Å². The van der Waals surface area contributed by atoms with Gasteiger partial charge in [-0.05, 0) is 39.1 Å². The molecule has 2 rings (SSSR count). The summed E-state index contributed by atoms with van der Waals surface area (Å²) in [5, 5.41) is 3.23. The number of nitrogens with zero attached hydrogens (tertiary/aromatic N) is 2. The molecule has 0 amide bonds. The van der Waals surface area contributed by atoms with Crippen LogP contribution in [0.4, 0.5) is 0 Å². The van der Waals surface area contributed by atoms with Crippen LogP contribution in [0.15, 0.2) is 75.5 Å². The van der Waals surface area contributed by atoms with Crippen molar-refractivity contribution in [3.05, 3.63) is 76.7 Å². The quantitative estimate of drug-likeness (QED) is 0.785. The molecule has 0 saturated heterocycles. The lowest BCUT2D eigenvalue weighted by Crippen LogP contribution is -2.18. The smallest absolute Gasteiger partial charge is 0.107 e. The van der Waals surface area contributed by atoms with Crippen LogP contribution in [0.2, 0.25) is 0 Å². The average Bonchev–Trinajstić information content (AvgIpc) is 2.73. The molecule has 24 heavy (non-hydrogen) atoms. The van der Waals surface area contributed by atoms with Gasteiger partial charge in [-0.25, -0.2) is 0 Å². The average molecular weight is 320 g/mol. The van der Waals surface area contributed by atoms with E-state index in [1.54, 1.807) is 6.21 Å². The monoisotopic (exact) mass is 320 g/mol. The highest BCUT2D eigenvalue weighted by Crippen LogP contribution is 2.15. The molecule has 1 aliphatic rings. The summed E-state index contributed by atoms with van der Waals surface area (Å²) < 4.78 is 0. The van der Waals surface area contributed by atoms with Gasteiger partial charge in [-0.2, -0.15) is 0 Å². The molecule has 0 aliphatic heterocycles. The first-order valence-corrected chi connectivity index (χ1v) is 7.92. The van der Waals surface area contributed by atoms with Crippen molar-refractivity contribution in [2.75, 3.05) is 6.67 Å². The van der Waals surface area contributed by atoms with E-state index in [1.807, 2.05) is 30.4 Å². The Kier molecular flexibility index (Phi) is 6.32. The summed E-state index contributed by atoms with van der Waals surface area (Å²) >= 11 is 0. The van der Waals surface area contributed by atoms with Crippen LogP contribution < -0.4 is 11.1 Å². The van der Waals surface area contributed by atoms with Crippen molar-refractivity contribution in [3.8, 4) is 0 Å². The molecule has 0 radical (unpaired) electrons. The Bertz CT molecular complexity index is 731. The summed E-state index contributed by atoms with van der Waals surface area (Å²) in [6, 6.07) is 8.16. The molecule has 1 aromatic carbocycles. The molecule has 0 fully saturated rings. The molecule has 0 heterocycles. The maximum Gasteiger partial charge on any atom is 0.107 e. The molecule has 4 heteroatoms. The number of rotatable bonds is 6. The van der Waals surface area contributed by atoms with Crippen LogP contribution >= 0.6 is 0 Å². The van der Waals surface area contributed by atoms with E-state index in [0.717, 1.165) is 29.1 Å². The van der Waals surface area contributed by atoms with Crippen molar-refractivity contribution in [2.45, 2.75) is 20.3 Å². The van der Waals surface area contributed by atoms with E-state index >= 15 is 0 Å². The van der Waals surface area contributed by atoms with Crippen LogP contribution in [-0.4, -0.2) is 19.6 Å². The number of hydrogen-bond donors (Lipinski definition) is 2. The first-order valence-electron chi connectivity index (χ1n) is 7.92. The fourth-order valence-corrected chi connectivity index (χ4v) is 2.28. The van der Waals surface area contributed by atoms with Crippen LogP contribution in [0.3, 0.4) is 0 Å². The zero-order chi connectivity index (χ0) is 17.4. The standard InChI is InChI=1S/C20H24N4/c1-15-7-9-17(10-8-15)19(22-3)11-12-23-14-24-20-13-16(2)5-4-6-18(20)21/h5-13,24H,3-4,14,21H2,1-2H3/b19-11-,23-12-. The molecular weight excluding hydrogens is 296 g/mol. The van der Waals surface area contributed by atoms with Crippen LogP contribution in [0.5, 0.6) is 0 Å². The summed E-state index contributed by atoms with van der Waals surface area (Å²) in [6.07, 6.45) is 10.6. The number of benzene rings is 1. The van der Waals surface area contributed by atoms with Gasteiger partial charge in [0.25, 0.3) is 0 Å². The minimum Gasteiger partial charge on any atom is -0.397 e. The number of nitrogens with two attached hydrogens (primary N) is 1. The van der Waals surface area contributed by atoms with E-state index in [9.17, 15) is 0 Å². The predicted molar refractivity (Wildman–Crippen MR) is 104 cm³/mol. The Morgan fingerprint density at radius 2 is 2.00 bits per heavy atom. The number of aliphatic imine (C=N–C) groups is 2. The Morgan fingerprint density at radius 1 is 1.25 bits per heavy atom. The molecule has 0 unspecified atom stereocenters. The van der Waals surface area contributed by atoms with Crippen LogP contribution in [0.25, 0.3) is 5.70 Å². The lowest BCUT2D eigenvalue weighted by Gasteiger charge is -2.08. The van der Waals surface area contributed by atoms with Gasteiger partial charge in [0.05, 0.1) is 17.1 Å². The third kappa shape index (κ3) is 5.09. The Morgan fingerprint density at radius 3 is 2.71 bits per heavy atom. The first-order chi connectivity index (χ1) is 11.6. The van der Waals surface area contributed by atoms with Crippen LogP contribution in [0.1, 0.15) is 24.5 Å². The number of hydrogen-bond acceptors (Lipinski definition) is 4. The van der Waals surface area contributed by atoms with E-state index in [1.165, 1.54) is 11.1 Å². The highest BCUT2D eigenvalue weighted by molar-refractivity contribution is 5.85. The first kappa shape index (κ1) is 17.5. The second-order valence-corrected chi connectivity index (χ2v) is 5.64. The summed E-state index contributed by atoms with van der Waals surface area (Å²) in [4.78, 5) is 8.40. The topological polar surface area (TPSA) is 62.8 Å². The van der Waals surface area contributed by atoms with E-state index in [0.29, 0.717) is 6.67 Å². The van der Waals surface area contributed by atoms with Gasteiger partial charge >= 0.3 is 0 Å². The largest absolute Gasteiger partial charge is 0.397 e. The highest BCUT2D eigenvalue weighted by atomic mass is 15.0. The van der Waals surface area contributed by atoms with Crippen molar-refractivity contribution in [2.24, 2.45) is 15.7 Å². The van der Waals surface area contributed by atoms with Crippen molar-refractivity contribution in [3.63, 3.8) is 0 Å². The summed E-state index contributed by atoms with van der Waals surface area (Å²) in [7, 11) is 0. The molecule has 0 bridgehead atoms. The molecular formula is C20H24N4. The molecule has 1 aliphatic carbocycles. The van der Waals surface area contributed by atoms with E-state index in [4.69, 9.17) is 5.73 Å². The Balaban J connectivity index is 1.97. The third-order valence-corrected chi connectivity index (χ3v) is 3.68. The number of nitrogens with one attached hydrogen (secondary N) is 1. The van der Waals surface area contributed by atoms with Crippen molar-refractivity contribution in [1.29, 1.82) is 0 Å². The highest BCUT2D eigenvalue weighted by Gasteiger charge is 2.02. The molecule has 0 atom stereocenters. The summed E-state index contributed by atoms with van der Waals surface area (Å²) in [6.45, 7) is 8.19. The molecule has 0 spiro atoms. The predicted octanol–water partition coefficient (Wildman–Crippen LogP) is 3.73. The Hall–Kier alpha value is -2.88. The molecule has 4 nitrogen and oxygen atoms in total. The fraction of sp³-hybridized carbons (Fsp3) is 0.200. The lowest BCUT2D eigenvalue weighted by atomic mass is 10.1. The van der Waals surface area contributed by atoms with Crippen LogP contribution in [0, 0.1) is 6.92 Å². The lowest BCUT2D eigenvalue weighted by molar-refractivity contribution is 0.833. The number of allylic oxidation sites excluding steroid dienone is 5. The van der Waals surface area contributed by atoms with Gasteiger partial charge in [-0.1, -0.05) is 47.6 Å². The zero-order valence-electron chi connectivity index (χ0n) is 14.3. The minimum atomic E-state index is 0.447. The third-order valence-electron chi connectivity index (χ3n) is 3.68. The van der Waals surface area contributed by atoms with Gasteiger partial charge in [-0.3, -0.25) is 9.98 Å². The molecule has 0 saturated carbocycles. The molecule has 3 N–H and O–H groups in total. The van der Waals surface area contributed by atoms with Gasteiger partial charge in [0, 0.05) is 11.8 Å². The minimum absolute atomic E-state index is 0.447. The van der Waals surface area contributed by atoms with Gasteiger partial charge in [0.15, 0.2) is 0 Å². The normalized spacial score (nSPS) is 15.4. The van der Waals surface area contributed by atoms with Gasteiger partial charge in [0.1, 0.15) is 6.67 Å². The second-order valence-electron chi connectivity index (χ2n) is 5.64. The Labute approximate surface area is 143 Å². The van der Waals surface area contributed by atoms with Crippen molar-refractivity contribution >= 4 is 18.6 Å². The van der Waals surface area contributed by atoms with Gasteiger partial charge < -0.3 is 11.1 Å². The summed E-state index contributed by atoms with van der Waals surface area (Å²) in [5.74, 6) is 0. The molecule has 0 aromatic heterocycles. The number of aryl methyl sites for hydroxylation is 1. The fourth-order valence-electron chi connectivity index (χ4n) is 2.28. The van der Waals surface area contributed by atoms with Crippen LogP contribution in [-0.2, 0) is 0 Å². The maximum atomic E-state index is 6.02. The summed E-state index contributed by atoms with van der Waals surface area (Å²) in [5.41, 5.74) is 11.9. The van der Waals surface area contributed by atoms with Gasteiger partial charge in [0.2, 0.25) is 0 Å². The van der Waals surface area contributed by atoms with Crippen molar-refractivity contribution in [1.82, 2.24) is 5.32 Å². The second kappa shape index (κ2) is 8.67. The SMILES string of the molecule is C=N/C(=C\C=N/CNC1=CC(C)=CCC=C1N)c1ccc(C)cc1.